The standard InChI is InChI=1S/C24H31NO2/c1-17-8-11-19(12-9-17)16-25-24(26)22-7-5-4-6-20(22)15-21-14-18(2)10-13-23(21)27-3/h8-14,20,22H,4-7,15-16H2,1-3H3,(H,25,26). The molecule has 1 saturated carbocycles. The van der Waals surface area contributed by atoms with Gasteiger partial charge >= 0.3 is 0 Å². The average Bonchev–Trinajstić information content (AvgIpc) is 2.68. The van der Waals surface area contributed by atoms with Gasteiger partial charge in [0.25, 0.3) is 0 Å². The second kappa shape index (κ2) is 9.07. The van der Waals surface area contributed by atoms with Gasteiger partial charge in [-0.25, -0.2) is 0 Å². The maximum atomic E-state index is 12.9. The predicted octanol–water partition coefficient (Wildman–Crippen LogP) is 4.98. The van der Waals surface area contributed by atoms with Crippen LogP contribution in [0.3, 0.4) is 0 Å². The van der Waals surface area contributed by atoms with Crippen molar-refractivity contribution in [3.63, 3.8) is 0 Å². The van der Waals surface area contributed by atoms with Crippen LogP contribution in [0, 0.1) is 25.7 Å². The minimum atomic E-state index is 0.0921. The molecule has 3 rings (SSSR count). The van der Waals surface area contributed by atoms with Gasteiger partial charge < -0.3 is 10.1 Å². The van der Waals surface area contributed by atoms with Crippen LogP contribution < -0.4 is 10.1 Å². The van der Waals surface area contributed by atoms with Crippen molar-refractivity contribution < 1.29 is 9.53 Å². The zero-order valence-electron chi connectivity index (χ0n) is 16.8. The van der Waals surface area contributed by atoms with E-state index in [1.165, 1.54) is 23.1 Å². The third kappa shape index (κ3) is 5.12. The first-order chi connectivity index (χ1) is 13.1. The molecule has 2 atom stereocenters. The van der Waals surface area contributed by atoms with Gasteiger partial charge in [0.05, 0.1) is 7.11 Å². The van der Waals surface area contributed by atoms with Crippen LogP contribution in [0.15, 0.2) is 42.5 Å². The van der Waals surface area contributed by atoms with Gasteiger partial charge in [-0.1, -0.05) is 60.4 Å². The lowest BCUT2D eigenvalue weighted by molar-refractivity contribution is -0.127. The molecule has 1 aliphatic carbocycles. The van der Waals surface area contributed by atoms with Gasteiger partial charge in [-0.2, -0.15) is 0 Å². The third-order valence-corrected chi connectivity index (χ3v) is 5.75. The molecule has 27 heavy (non-hydrogen) atoms. The minimum absolute atomic E-state index is 0.0921. The second-order valence-corrected chi connectivity index (χ2v) is 7.87. The Morgan fingerprint density at radius 1 is 1.04 bits per heavy atom. The van der Waals surface area contributed by atoms with Crippen LogP contribution in [0.2, 0.25) is 0 Å². The summed E-state index contributed by atoms with van der Waals surface area (Å²) in [7, 11) is 1.72. The van der Waals surface area contributed by atoms with E-state index in [1.807, 2.05) is 6.07 Å². The Labute approximate surface area is 163 Å². The van der Waals surface area contributed by atoms with Crippen LogP contribution >= 0.6 is 0 Å². The summed E-state index contributed by atoms with van der Waals surface area (Å²) in [5, 5.41) is 3.17. The molecule has 0 spiro atoms. The molecule has 2 aromatic rings. The largest absolute Gasteiger partial charge is 0.496 e. The maximum Gasteiger partial charge on any atom is 0.223 e. The first kappa shape index (κ1) is 19.5. The highest BCUT2D eigenvalue weighted by molar-refractivity contribution is 5.79. The van der Waals surface area contributed by atoms with Crippen molar-refractivity contribution >= 4 is 5.91 Å². The Bertz CT molecular complexity index is 766. The predicted molar refractivity (Wildman–Crippen MR) is 110 cm³/mol. The summed E-state index contributed by atoms with van der Waals surface area (Å²) < 4.78 is 5.55. The molecule has 3 heteroatoms. The molecule has 1 amide bonds. The summed E-state index contributed by atoms with van der Waals surface area (Å²) in [4.78, 5) is 12.9. The SMILES string of the molecule is COc1ccc(C)cc1CC1CCCCC1C(=O)NCc1ccc(C)cc1. The van der Waals surface area contributed by atoms with Gasteiger partial charge in [-0.05, 0) is 56.2 Å². The zero-order chi connectivity index (χ0) is 19.2. The number of benzene rings is 2. The van der Waals surface area contributed by atoms with E-state index in [9.17, 15) is 4.79 Å². The monoisotopic (exact) mass is 365 g/mol. The highest BCUT2D eigenvalue weighted by Crippen LogP contribution is 2.35. The molecule has 0 bridgehead atoms. The van der Waals surface area contributed by atoms with E-state index in [1.54, 1.807) is 7.11 Å². The Hall–Kier alpha value is -2.29. The Morgan fingerprint density at radius 3 is 2.48 bits per heavy atom. The van der Waals surface area contributed by atoms with Crippen molar-refractivity contribution in [2.24, 2.45) is 11.8 Å². The number of methoxy groups -OCH3 is 1. The number of aryl methyl sites for hydroxylation is 2. The third-order valence-electron chi connectivity index (χ3n) is 5.75. The summed E-state index contributed by atoms with van der Waals surface area (Å²) >= 11 is 0. The lowest BCUT2D eigenvalue weighted by Crippen LogP contribution is -2.37. The van der Waals surface area contributed by atoms with Crippen LogP contribution in [-0.2, 0) is 17.8 Å². The number of rotatable bonds is 6. The molecule has 0 aliphatic heterocycles. The summed E-state index contributed by atoms with van der Waals surface area (Å²) in [6.45, 7) is 4.79. The van der Waals surface area contributed by atoms with E-state index in [4.69, 9.17) is 4.74 Å². The van der Waals surface area contributed by atoms with Gasteiger partial charge in [0.1, 0.15) is 5.75 Å². The fourth-order valence-corrected chi connectivity index (χ4v) is 4.17. The van der Waals surface area contributed by atoms with Gasteiger partial charge in [0.15, 0.2) is 0 Å². The van der Waals surface area contributed by atoms with Crippen LogP contribution in [0.25, 0.3) is 0 Å². The van der Waals surface area contributed by atoms with E-state index in [0.717, 1.165) is 37.0 Å². The zero-order valence-corrected chi connectivity index (χ0v) is 16.8. The molecule has 0 aromatic heterocycles. The second-order valence-electron chi connectivity index (χ2n) is 7.87. The average molecular weight is 366 g/mol. The topological polar surface area (TPSA) is 38.3 Å². The van der Waals surface area contributed by atoms with E-state index < -0.39 is 0 Å². The first-order valence-electron chi connectivity index (χ1n) is 10.0. The van der Waals surface area contributed by atoms with Gasteiger partial charge in [-0.15, -0.1) is 0 Å². The summed E-state index contributed by atoms with van der Waals surface area (Å²) in [5.41, 5.74) is 4.86. The van der Waals surface area contributed by atoms with E-state index in [-0.39, 0.29) is 11.8 Å². The van der Waals surface area contributed by atoms with Crippen molar-refractivity contribution in [3.8, 4) is 5.75 Å². The van der Waals surface area contributed by atoms with Crippen LogP contribution in [0.4, 0.5) is 0 Å². The highest BCUT2D eigenvalue weighted by atomic mass is 16.5. The van der Waals surface area contributed by atoms with E-state index >= 15 is 0 Å². The van der Waals surface area contributed by atoms with Crippen molar-refractivity contribution in [3.05, 3.63) is 64.7 Å². The minimum Gasteiger partial charge on any atom is -0.496 e. The molecule has 3 nitrogen and oxygen atoms in total. The number of nitrogens with one attached hydrogen (secondary N) is 1. The number of hydrogen-bond donors (Lipinski definition) is 1. The molecular weight excluding hydrogens is 334 g/mol. The molecule has 0 radical (unpaired) electrons. The number of carbonyl (C=O) groups excluding carboxylic acids is 1. The molecule has 1 N–H and O–H groups in total. The van der Waals surface area contributed by atoms with E-state index in [2.05, 4.69) is 55.6 Å². The van der Waals surface area contributed by atoms with Gasteiger partial charge in [0.2, 0.25) is 5.91 Å². The van der Waals surface area contributed by atoms with Crippen molar-refractivity contribution in [2.45, 2.75) is 52.5 Å². The number of carbonyl (C=O) groups is 1. The van der Waals surface area contributed by atoms with Crippen molar-refractivity contribution in [1.82, 2.24) is 5.32 Å². The summed E-state index contributed by atoms with van der Waals surface area (Å²) in [5.74, 6) is 1.61. The van der Waals surface area contributed by atoms with Crippen LogP contribution in [-0.4, -0.2) is 13.0 Å². The molecule has 1 fully saturated rings. The fourth-order valence-electron chi connectivity index (χ4n) is 4.17. The van der Waals surface area contributed by atoms with Crippen molar-refractivity contribution in [1.29, 1.82) is 0 Å². The number of amides is 1. The van der Waals surface area contributed by atoms with Gasteiger partial charge in [-0.3, -0.25) is 4.79 Å². The van der Waals surface area contributed by atoms with Gasteiger partial charge in [0, 0.05) is 12.5 Å². The Kier molecular flexibility index (Phi) is 6.54. The smallest absolute Gasteiger partial charge is 0.223 e. The quantitative estimate of drug-likeness (QED) is 0.784. The first-order valence-corrected chi connectivity index (χ1v) is 10.0. The molecular formula is C24H31NO2. The molecule has 1 aliphatic rings. The lowest BCUT2D eigenvalue weighted by Gasteiger charge is -2.31. The Balaban J connectivity index is 1.66. The molecule has 0 saturated heterocycles. The fraction of sp³-hybridized carbons (Fsp3) is 0.458. The lowest BCUT2D eigenvalue weighted by atomic mass is 9.75. The highest BCUT2D eigenvalue weighted by Gasteiger charge is 2.31. The summed E-state index contributed by atoms with van der Waals surface area (Å²) in [6, 6.07) is 14.7. The normalized spacial score (nSPS) is 19.5. The van der Waals surface area contributed by atoms with Crippen LogP contribution in [0.5, 0.6) is 5.75 Å². The Morgan fingerprint density at radius 2 is 1.74 bits per heavy atom. The molecule has 2 unspecified atom stereocenters. The number of hydrogen-bond acceptors (Lipinski definition) is 2. The van der Waals surface area contributed by atoms with Crippen LogP contribution in [0.1, 0.15) is 47.9 Å². The van der Waals surface area contributed by atoms with Crippen molar-refractivity contribution in [2.75, 3.05) is 7.11 Å². The van der Waals surface area contributed by atoms with E-state index in [0.29, 0.717) is 12.5 Å². The molecule has 144 valence electrons. The maximum absolute atomic E-state index is 12.9. The number of ether oxygens (including phenoxy) is 1. The molecule has 0 heterocycles. The molecule has 2 aromatic carbocycles. The summed E-state index contributed by atoms with van der Waals surface area (Å²) in [6.07, 6.45) is 5.36.